The summed E-state index contributed by atoms with van der Waals surface area (Å²) >= 11 is 0. The molecule has 220 valence electrons. The van der Waals surface area contributed by atoms with Gasteiger partial charge in [-0.2, -0.15) is 5.10 Å². The Balaban J connectivity index is 1.76. The lowest BCUT2D eigenvalue weighted by molar-refractivity contribution is -0.384. The van der Waals surface area contributed by atoms with E-state index in [0.717, 1.165) is 12.3 Å². The minimum absolute atomic E-state index is 0.0191. The van der Waals surface area contributed by atoms with Crippen molar-refractivity contribution >= 4 is 35.4 Å². The molecule has 0 spiro atoms. The van der Waals surface area contributed by atoms with E-state index in [1.165, 1.54) is 36.4 Å². The molecule has 12 nitrogen and oxygen atoms in total. The van der Waals surface area contributed by atoms with Gasteiger partial charge in [-0.3, -0.25) is 19.7 Å². The van der Waals surface area contributed by atoms with E-state index >= 15 is 0 Å². The third kappa shape index (κ3) is 8.37. The zero-order valence-corrected chi connectivity index (χ0v) is 23.9. The second-order valence-electron chi connectivity index (χ2n) is 9.88. The molecule has 0 fully saturated rings. The van der Waals surface area contributed by atoms with E-state index in [1.807, 2.05) is 6.92 Å². The van der Waals surface area contributed by atoms with Gasteiger partial charge < -0.3 is 19.5 Å². The van der Waals surface area contributed by atoms with Crippen LogP contribution in [0.2, 0.25) is 0 Å². The van der Waals surface area contributed by atoms with E-state index in [0.29, 0.717) is 30.4 Å². The van der Waals surface area contributed by atoms with Crippen molar-refractivity contribution in [1.29, 1.82) is 0 Å². The molecular weight excluding hydrogens is 544 g/mol. The summed E-state index contributed by atoms with van der Waals surface area (Å²) in [7, 11) is 0. The molecular formula is C30H32N4O8. The number of hydrazone groups is 1. The Bertz CT molecular complexity index is 1490. The number of carbonyl (C=O) groups excluding carboxylic acids is 3. The monoisotopic (exact) mass is 576 g/mol. The Morgan fingerprint density at radius 1 is 0.881 bits per heavy atom. The van der Waals surface area contributed by atoms with Gasteiger partial charge in [0, 0.05) is 34.4 Å². The van der Waals surface area contributed by atoms with Crippen LogP contribution in [0, 0.1) is 15.5 Å². The van der Waals surface area contributed by atoms with Crippen LogP contribution in [-0.2, 0) is 4.79 Å². The predicted molar refractivity (Wildman–Crippen MR) is 156 cm³/mol. The number of benzene rings is 3. The van der Waals surface area contributed by atoms with Crippen LogP contribution in [0.1, 0.15) is 60.9 Å². The Hall–Kier alpha value is -5.26. The summed E-state index contributed by atoms with van der Waals surface area (Å²) in [5.41, 5.74) is 2.51. The van der Waals surface area contributed by atoms with Crippen molar-refractivity contribution in [2.24, 2.45) is 10.5 Å². The zero-order chi connectivity index (χ0) is 30.9. The van der Waals surface area contributed by atoms with Crippen molar-refractivity contribution in [3.63, 3.8) is 0 Å². The maximum absolute atomic E-state index is 12.9. The molecule has 0 saturated heterocycles. The minimum Gasteiger partial charge on any atom is -0.490 e. The quantitative estimate of drug-likeness (QED) is 0.101. The summed E-state index contributed by atoms with van der Waals surface area (Å²) in [5, 5.41) is 18.0. The lowest BCUT2D eigenvalue weighted by atomic mass is 9.95. The highest BCUT2D eigenvalue weighted by Crippen LogP contribution is 2.30. The summed E-state index contributed by atoms with van der Waals surface area (Å²) in [6.45, 7) is 9.74. The largest absolute Gasteiger partial charge is 0.490 e. The van der Waals surface area contributed by atoms with Crippen LogP contribution in [0.5, 0.6) is 17.2 Å². The van der Waals surface area contributed by atoms with Gasteiger partial charge in [0.1, 0.15) is 5.75 Å². The van der Waals surface area contributed by atoms with Gasteiger partial charge in [-0.25, -0.2) is 10.2 Å². The van der Waals surface area contributed by atoms with Gasteiger partial charge in [0.15, 0.2) is 11.5 Å². The van der Waals surface area contributed by atoms with Crippen LogP contribution in [-0.4, -0.2) is 42.1 Å². The number of amides is 2. The van der Waals surface area contributed by atoms with Crippen LogP contribution in [0.3, 0.4) is 0 Å². The number of non-ortho nitro benzene ring substituents is 1. The normalized spacial score (nSPS) is 11.1. The fourth-order valence-electron chi connectivity index (χ4n) is 3.43. The first kappa shape index (κ1) is 31.3. The lowest BCUT2D eigenvalue weighted by Gasteiger charge is -2.17. The standard InChI is InChI=1S/C30H32N4O8/c1-6-40-25-14-10-20(17-26(25)41-7-2)28(36)42-24-15-13-23(34(38)39)16-21(24)18-31-33-27(35)19-8-11-22(12-9-19)32-29(37)30(3,4)5/h8-18H,6-7H2,1-5H3,(H,32,37)(H,33,35)/b31-18+. The highest BCUT2D eigenvalue weighted by Gasteiger charge is 2.21. The van der Waals surface area contributed by atoms with Crippen LogP contribution in [0.4, 0.5) is 11.4 Å². The summed E-state index contributed by atoms with van der Waals surface area (Å²) in [5.74, 6) is -0.665. The first-order valence-electron chi connectivity index (χ1n) is 13.1. The zero-order valence-electron chi connectivity index (χ0n) is 23.9. The van der Waals surface area contributed by atoms with Crippen LogP contribution in [0.15, 0.2) is 65.8 Å². The van der Waals surface area contributed by atoms with Crippen molar-refractivity contribution < 1.29 is 33.5 Å². The van der Waals surface area contributed by atoms with Crippen molar-refractivity contribution in [1.82, 2.24) is 5.43 Å². The number of nitrogens with zero attached hydrogens (tertiary/aromatic N) is 2. The minimum atomic E-state index is -0.745. The van der Waals surface area contributed by atoms with Crippen LogP contribution >= 0.6 is 0 Å². The molecule has 0 radical (unpaired) electrons. The van der Waals surface area contributed by atoms with E-state index < -0.39 is 22.2 Å². The highest BCUT2D eigenvalue weighted by molar-refractivity contribution is 5.98. The van der Waals surface area contributed by atoms with Gasteiger partial charge in [0.25, 0.3) is 11.6 Å². The maximum atomic E-state index is 12.9. The molecule has 12 heteroatoms. The van der Waals surface area contributed by atoms with Gasteiger partial charge in [-0.1, -0.05) is 20.8 Å². The molecule has 0 heterocycles. The average Bonchev–Trinajstić information content (AvgIpc) is 2.94. The second-order valence-corrected chi connectivity index (χ2v) is 9.88. The van der Waals surface area contributed by atoms with E-state index in [4.69, 9.17) is 14.2 Å². The number of hydrogen-bond donors (Lipinski definition) is 2. The lowest BCUT2D eigenvalue weighted by Crippen LogP contribution is -2.27. The number of carbonyl (C=O) groups is 3. The molecule has 3 aromatic carbocycles. The van der Waals surface area contributed by atoms with Gasteiger partial charge >= 0.3 is 5.97 Å². The van der Waals surface area contributed by atoms with Crippen molar-refractivity contribution in [3.05, 3.63) is 87.5 Å². The number of nitro groups is 1. The summed E-state index contributed by atoms with van der Waals surface area (Å²) in [6, 6.07) is 14.4. The van der Waals surface area contributed by atoms with E-state index in [9.17, 15) is 24.5 Å². The molecule has 0 atom stereocenters. The van der Waals surface area contributed by atoms with Crippen molar-refractivity contribution in [3.8, 4) is 17.2 Å². The Morgan fingerprint density at radius 2 is 1.50 bits per heavy atom. The van der Waals surface area contributed by atoms with Crippen molar-refractivity contribution in [2.45, 2.75) is 34.6 Å². The number of nitro benzene ring substituents is 1. The molecule has 0 aliphatic heterocycles. The average molecular weight is 577 g/mol. The Labute approximate surface area is 242 Å². The molecule has 2 amide bonds. The molecule has 0 unspecified atom stereocenters. The second kappa shape index (κ2) is 13.9. The molecule has 0 saturated carbocycles. The number of nitrogens with one attached hydrogen (secondary N) is 2. The molecule has 0 aliphatic carbocycles. The molecule has 42 heavy (non-hydrogen) atoms. The van der Waals surface area contributed by atoms with E-state index in [-0.39, 0.29) is 34.0 Å². The summed E-state index contributed by atoms with van der Waals surface area (Å²) in [4.78, 5) is 48.4. The van der Waals surface area contributed by atoms with E-state index in [2.05, 4.69) is 15.8 Å². The first-order chi connectivity index (χ1) is 19.9. The predicted octanol–water partition coefficient (Wildman–Crippen LogP) is 5.36. The molecule has 3 aromatic rings. The van der Waals surface area contributed by atoms with Gasteiger partial charge in [-0.15, -0.1) is 0 Å². The Kier molecular flexibility index (Phi) is 10.3. The molecule has 2 N–H and O–H groups in total. The topological polar surface area (TPSA) is 158 Å². The third-order valence-corrected chi connectivity index (χ3v) is 5.64. The maximum Gasteiger partial charge on any atom is 0.343 e. The van der Waals surface area contributed by atoms with Gasteiger partial charge in [0.05, 0.1) is 29.9 Å². The Morgan fingerprint density at radius 3 is 2.12 bits per heavy atom. The highest BCUT2D eigenvalue weighted by atomic mass is 16.6. The number of rotatable bonds is 11. The fourth-order valence-corrected chi connectivity index (χ4v) is 3.43. The summed E-state index contributed by atoms with van der Waals surface area (Å²) in [6.07, 6.45) is 1.13. The van der Waals surface area contributed by atoms with Crippen molar-refractivity contribution in [2.75, 3.05) is 18.5 Å². The van der Waals surface area contributed by atoms with Gasteiger partial charge in [-0.05, 0) is 62.4 Å². The number of anilines is 1. The van der Waals surface area contributed by atoms with Crippen LogP contribution < -0.4 is 25.0 Å². The molecule has 3 rings (SSSR count). The number of hydrogen-bond acceptors (Lipinski definition) is 9. The molecule has 0 bridgehead atoms. The summed E-state index contributed by atoms with van der Waals surface area (Å²) < 4.78 is 16.6. The number of ether oxygens (including phenoxy) is 3. The SMILES string of the molecule is CCOc1ccc(C(=O)Oc2ccc([N+](=O)[O-])cc2/C=N/NC(=O)c2ccc(NC(=O)C(C)(C)C)cc2)cc1OCC. The van der Waals surface area contributed by atoms with Gasteiger partial charge in [0.2, 0.25) is 5.91 Å². The molecule has 0 aliphatic rings. The number of esters is 1. The van der Waals surface area contributed by atoms with Crippen LogP contribution in [0.25, 0.3) is 0 Å². The first-order valence-corrected chi connectivity index (χ1v) is 13.1. The van der Waals surface area contributed by atoms with E-state index in [1.54, 1.807) is 45.9 Å². The fraction of sp³-hybridized carbons (Fsp3) is 0.267. The third-order valence-electron chi connectivity index (χ3n) is 5.64. The smallest absolute Gasteiger partial charge is 0.343 e. The molecule has 0 aromatic heterocycles.